The van der Waals surface area contributed by atoms with Gasteiger partial charge in [0, 0.05) is 17.3 Å². The molecule has 4 nitrogen and oxygen atoms in total. The predicted octanol–water partition coefficient (Wildman–Crippen LogP) is 3.38. The minimum absolute atomic E-state index is 0. The van der Waals surface area contributed by atoms with Crippen LogP contribution in [0.2, 0.25) is 0 Å². The molecule has 5 heteroatoms. The van der Waals surface area contributed by atoms with Crippen LogP contribution in [-0.2, 0) is 12.8 Å². The van der Waals surface area contributed by atoms with Crippen molar-refractivity contribution in [3.8, 4) is 0 Å². The van der Waals surface area contributed by atoms with E-state index in [9.17, 15) is 10.1 Å². The number of nitro groups is 1. The third kappa shape index (κ3) is 3.69. The number of anilines is 1. The number of hydrogen-bond acceptors (Lipinski definition) is 3. The summed E-state index contributed by atoms with van der Waals surface area (Å²) in [6.07, 6.45) is 1.32. The van der Waals surface area contributed by atoms with Gasteiger partial charge >= 0.3 is 0 Å². The van der Waals surface area contributed by atoms with Crippen LogP contribution in [0.4, 0.5) is 11.4 Å². The van der Waals surface area contributed by atoms with Crippen molar-refractivity contribution in [1.82, 2.24) is 0 Å². The Bertz CT molecular complexity index is 573. The van der Waals surface area contributed by atoms with Gasteiger partial charge in [-0.2, -0.15) is 0 Å². The number of para-hydroxylation sites is 2. The first-order chi connectivity index (χ1) is 8.68. The zero-order valence-electron chi connectivity index (χ0n) is 10.3. The summed E-state index contributed by atoms with van der Waals surface area (Å²) in [4.78, 5) is 10.5. The molecule has 0 aromatic heterocycles. The second kappa shape index (κ2) is 6.75. The Balaban J connectivity index is 0.00000180. The van der Waals surface area contributed by atoms with Gasteiger partial charge in [0.1, 0.15) is 0 Å². The fraction of sp³-hybridized carbons (Fsp3) is 0.143. The van der Waals surface area contributed by atoms with Crippen molar-refractivity contribution in [3.63, 3.8) is 0 Å². The zero-order chi connectivity index (χ0) is 13.0. The third-order valence-corrected chi connectivity index (χ3v) is 2.91. The van der Waals surface area contributed by atoms with E-state index in [-0.39, 0.29) is 23.0 Å². The van der Waals surface area contributed by atoms with Crippen LogP contribution in [0.5, 0.6) is 0 Å². The number of rotatable bonds is 4. The van der Waals surface area contributed by atoms with Gasteiger partial charge in [0.05, 0.1) is 4.92 Å². The maximum Gasteiger partial charge on any atom is 0.272 e. The lowest BCUT2D eigenvalue weighted by Gasteiger charge is -2.05. The average Bonchev–Trinajstić information content (AvgIpc) is 2.38. The van der Waals surface area contributed by atoms with E-state index in [4.69, 9.17) is 5.73 Å². The van der Waals surface area contributed by atoms with E-state index in [0.717, 1.165) is 16.8 Å². The summed E-state index contributed by atoms with van der Waals surface area (Å²) in [5.41, 5.74) is 8.52. The first-order valence-electron chi connectivity index (χ1n) is 5.74. The van der Waals surface area contributed by atoms with Crippen LogP contribution in [0, 0.1) is 10.1 Å². The van der Waals surface area contributed by atoms with Crippen LogP contribution in [0.3, 0.4) is 0 Å². The highest BCUT2D eigenvalue weighted by Crippen LogP contribution is 2.21. The van der Waals surface area contributed by atoms with Gasteiger partial charge in [0.2, 0.25) is 0 Å². The smallest absolute Gasteiger partial charge is 0.272 e. The molecule has 2 rings (SSSR count). The molecule has 0 amide bonds. The quantitative estimate of drug-likeness (QED) is 0.529. The van der Waals surface area contributed by atoms with Gasteiger partial charge in [-0.15, -0.1) is 12.4 Å². The minimum atomic E-state index is -0.344. The van der Waals surface area contributed by atoms with Crippen LogP contribution < -0.4 is 5.73 Å². The number of nitro benzene ring substituents is 1. The van der Waals surface area contributed by atoms with Gasteiger partial charge in [0.15, 0.2) is 0 Å². The van der Waals surface area contributed by atoms with Crippen molar-refractivity contribution in [2.24, 2.45) is 0 Å². The van der Waals surface area contributed by atoms with Crippen LogP contribution in [0.15, 0.2) is 48.5 Å². The van der Waals surface area contributed by atoms with E-state index in [2.05, 4.69) is 0 Å². The van der Waals surface area contributed by atoms with Gasteiger partial charge in [-0.1, -0.05) is 36.4 Å². The molecule has 0 unspecified atom stereocenters. The zero-order valence-corrected chi connectivity index (χ0v) is 11.1. The molecule has 0 aliphatic carbocycles. The lowest BCUT2D eigenvalue weighted by molar-refractivity contribution is -0.385. The number of nitrogens with two attached hydrogens (primary N) is 1. The van der Waals surface area contributed by atoms with E-state index in [0.29, 0.717) is 12.8 Å². The standard InChI is InChI=1S/C14H14N2O2.ClH/c15-13-7-3-1-5-11(13)9-10-12-6-2-4-8-14(12)16(17)18;/h1-8H,9-10,15H2;1H. The van der Waals surface area contributed by atoms with Crippen molar-refractivity contribution in [2.75, 3.05) is 5.73 Å². The molecule has 0 aliphatic rings. The summed E-state index contributed by atoms with van der Waals surface area (Å²) in [6.45, 7) is 0. The van der Waals surface area contributed by atoms with Gasteiger partial charge in [0.25, 0.3) is 5.69 Å². The van der Waals surface area contributed by atoms with Crippen molar-refractivity contribution < 1.29 is 4.92 Å². The monoisotopic (exact) mass is 278 g/mol. The molecule has 0 bridgehead atoms. The normalized spacial score (nSPS) is 9.68. The molecule has 0 fully saturated rings. The lowest BCUT2D eigenvalue weighted by atomic mass is 10.0. The number of nitrogen functional groups attached to an aromatic ring is 1. The fourth-order valence-electron chi connectivity index (χ4n) is 1.93. The molecule has 2 N–H and O–H groups in total. The highest BCUT2D eigenvalue weighted by molar-refractivity contribution is 5.85. The van der Waals surface area contributed by atoms with Crippen molar-refractivity contribution in [3.05, 3.63) is 69.8 Å². The molecule has 0 heterocycles. The third-order valence-electron chi connectivity index (χ3n) is 2.91. The Morgan fingerprint density at radius 1 is 0.947 bits per heavy atom. The molecule has 0 aliphatic heterocycles. The summed E-state index contributed by atoms with van der Waals surface area (Å²) in [7, 11) is 0. The van der Waals surface area contributed by atoms with E-state index in [1.165, 1.54) is 6.07 Å². The molecule has 0 atom stereocenters. The van der Waals surface area contributed by atoms with E-state index >= 15 is 0 Å². The van der Waals surface area contributed by atoms with Crippen LogP contribution >= 0.6 is 12.4 Å². The molecular formula is C14H15ClN2O2. The number of nitrogens with zero attached hydrogens (tertiary/aromatic N) is 1. The van der Waals surface area contributed by atoms with Crippen molar-refractivity contribution >= 4 is 23.8 Å². The average molecular weight is 279 g/mol. The highest BCUT2D eigenvalue weighted by Gasteiger charge is 2.12. The van der Waals surface area contributed by atoms with Gasteiger partial charge in [-0.05, 0) is 24.5 Å². The molecule has 100 valence electrons. The first kappa shape index (κ1) is 15.0. The maximum absolute atomic E-state index is 10.9. The Labute approximate surface area is 117 Å². The summed E-state index contributed by atoms with van der Waals surface area (Å²) >= 11 is 0. The largest absolute Gasteiger partial charge is 0.399 e. The van der Waals surface area contributed by atoms with Gasteiger partial charge in [-0.3, -0.25) is 10.1 Å². The van der Waals surface area contributed by atoms with E-state index < -0.39 is 0 Å². The molecule has 0 saturated carbocycles. The molecular weight excluding hydrogens is 264 g/mol. The number of benzene rings is 2. The van der Waals surface area contributed by atoms with Crippen LogP contribution in [0.1, 0.15) is 11.1 Å². The Kier molecular flexibility index (Phi) is 5.33. The second-order valence-corrected chi connectivity index (χ2v) is 4.08. The summed E-state index contributed by atoms with van der Waals surface area (Å²) in [6, 6.07) is 14.4. The summed E-state index contributed by atoms with van der Waals surface area (Å²) < 4.78 is 0. The molecule has 0 spiro atoms. The summed E-state index contributed by atoms with van der Waals surface area (Å²) in [5, 5.41) is 10.9. The molecule has 2 aromatic rings. The molecule has 0 radical (unpaired) electrons. The summed E-state index contributed by atoms with van der Waals surface area (Å²) in [5.74, 6) is 0. The molecule has 0 saturated heterocycles. The van der Waals surface area contributed by atoms with Gasteiger partial charge in [-0.25, -0.2) is 0 Å². The lowest BCUT2D eigenvalue weighted by Crippen LogP contribution is -1.99. The molecule has 2 aromatic carbocycles. The van der Waals surface area contributed by atoms with Crippen LogP contribution in [0.25, 0.3) is 0 Å². The number of halogens is 1. The number of aryl methyl sites for hydroxylation is 2. The highest BCUT2D eigenvalue weighted by atomic mass is 35.5. The Morgan fingerprint density at radius 2 is 1.47 bits per heavy atom. The SMILES string of the molecule is Cl.Nc1ccccc1CCc1ccccc1[N+](=O)[O-]. The minimum Gasteiger partial charge on any atom is -0.399 e. The van der Waals surface area contributed by atoms with Crippen molar-refractivity contribution in [2.45, 2.75) is 12.8 Å². The van der Waals surface area contributed by atoms with Crippen LogP contribution in [-0.4, -0.2) is 4.92 Å². The Hall–Kier alpha value is -2.07. The topological polar surface area (TPSA) is 69.2 Å². The Morgan fingerprint density at radius 3 is 2.11 bits per heavy atom. The second-order valence-electron chi connectivity index (χ2n) is 4.08. The predicted molar refractivity (Wildman–Crippen MR) is 78.6 cm³/mol. The maximum atomic E-state index is 10.9. The van der Waals surface area contributed by atoms with E-state index in [1.54, 1.807) is 12.1 Å². The first-order valence-corrected chi connectivity index (χ1v) is 5.74. The molecule has 19 heavy (non-hydrogen) atoms. The van der Waals surface area contributed by atoms with Gasteiger partial charge < -0.3 is 5.73 Å². The van der Waals surface area contributed by atoms with E-state index in [1.807, 2.05) is 30.3 Å². The van der Waals surface area contributed by atoms with Crippen molar-refractivity contribution in [1.29, 1.82) is 0 Å². The number of hydrogen-bond donors (Lipinski definition) is 1. The fourth-order valence-corrected chi connectivity index (χ4v) is 1.93.